The first-order valence-electron chi connectivity index (χ1n) is 4.83. The van der Waals surface area contributed by atoms with E-state index in [0.29, 0.717) is 5.02 Å². The minimum atomic E-state index is 0.614. The number of hydrogen-bond donors (Lipinski definition) is 1. The van der Waals surface area contributed by atoms with Crippen LogP contribution in [0, 0.1) is 0 Å². The van der Waals surface area contributed by atoms with Gasteiger partial charge in [-0.25, -0.2) is 4.98 Å². The van der Waals surface area contributed by atoms with Crippen LogP contribution >= 0.6 is 27.5 Å². The SMILES string of the molecule is Clc1cnc(NCCc2ccco2)c(Br)c1. The average molecular weight is 302 g/mol. The van der Waals surface area contributed by atoms with E-state index in [1.807, 2.05) is 18.2 Å². The molecule has 0 aliphatic carbocycles. The lowest BCUT2D eigenvalue weighted by Crippen LogP contribution is -2.06. The van der Waals surface area contributed by atoms with E-state index in [0.717, 1.165) is 29.0 Å². The fourth-order valence-electron chi connectivity index (χ4n) is 1.30. The van der Waals surface area contributed by atoms with Crippen LogP contribution in [0.2, 0.25) is 5.02 Å². The van der Waals surface area contributed by atoms with Gasteiger partial charge in [-0.15, -0.1) is 0 Å². The first kappa shape index (κ1) is 11.5. The third-order valence-electron chi connectivity index (χ3n) is 2.05. The second kappa shape index (κ2) is 5.37. The van der Waals surface area contributed by atoms with Crippen molar-refractivity contribution in [3.63, 3.8) is 0 Å². The van der Waals surface area contributed by atoms with Gasteiger partial charge < -0.3 is 9.73 Å². The minimum absolute atomic E-state index is 0.614. The van der Waals surface area contributed by atoms with Crippen LogP contribution < -0.4 is 5.32 Å². The van der Waals surface area contributed by atoms with Crippen LogP contribution in [-0.2, 0) is 6.42 Å². The Hall–Kier alpha value is -1.00. The molecule has 0 bridgehead atoms. The van der Waals surface area contributed by atoms with Gasteiger partial charge in [0, 0.05) is 19.2 Å². The molecule has 0 unspecified atom stereocenters. The molecule has 0 aliphatic heterocycles. The molecular formula is C11H10BrClN2O. The Balaban J connectivity index is 1.90. The van der Waals surface area contributed by atoms with Gasteiger partial charge in [0.2, 0.25) is 0 Å². The van der Waals surface area contributed by atoms with E-state index in [4.69, 9.17) is 16.0 Å². The van der Waals surface area contributed by atoms with Crippen molar-refractivity contribution in [1.29, 1.82) is 0 Å². The molecule has 2 heterocycles. The van der Waals surface area contributed by atoms with Gasteiger partial charge in [-0.1, -0.05) is 11.6 Å². The van der Waals surface area contributed by atoms with Gasteiger partial charge in [-0.05, 0) is 34.1 Å². The summed E-state index contributed by atoms with van der Waals surface area (Å²) in [5, 5.41) is 3.82. The van der Waals surface area contributed by atoms with Crippen LogP contribution in [0.1, 0.15) is 5.76 Å². The quantitative estimate of drug-likeness (QED) is 0.934. The van der Waals surface area contributed by atoms with Gasteiger partial charge in [-0.3, -0.25) is 0 Å². The summed E-state index contributed by atoms with van der Waals surface area (Å²) < 4.78 is 6.09. The normalized spacial score (nSPS) is 10.4. The first-order chi connectivity index (χ1) is 7.75. The molecule has 2 aromatic heterocycles. The van der Waals surface area contributed by atoms with Crippen LogP contribution in [0.5, 0.6) is 0 Å². The second-order valence-corrected chi connectivity index (χ2v) is 4.53. The molecule has 0 spiro atoms. The van der Waals surface area contributed by atoms with E-state index in [2.05, 4.69) is 26.2 Å². The summed E-state index contributed by atoms with van der Waals surface area (Å²) in [6.07, 6.45) is 4.11. The molecule has 0 aromatic carbocycles. The molecule has 84 valence electrons. The number of pyridine rings is 1. The maximum Gasteiger partial charge on any atom is 0.140 e. The summed E-state index contributed by atoms with van der Waals surface area (Å²) in [6, 6.07) is 5.64. The monoisotopic (exact) mass is 300 g/mol. The van der Waals surface area contributed by atoms with Crippen molar-refractivity contribution >= 4 is 33.3 Å². The van der Waals surface area contributed by atoms with E-state index in [1.54, 1.807) is 12.5 Å². The lowest BCUT2D eigenvalue weighted by atomic mass is 10.3. The maximum absolute atomic E-state index is 5.80. The molecule has 1 N–H and O–H groups in total. The number of anilines is 1. The molecule has 0 saturated carbocycles. The van der Waals surface area contributed by atoms with E-state index in [-0.39, 0.29) is 0 Å². The van der Waals surface area contributed by atoms with Crippen molar-refractivity contribution in [3.05, 3.63) is 45.9 Å². The van der Waals surface area contributed by atoms with Crippen molar-refractivity contribution in [1.82, 2.24) is 4.98 Å². The number of halogens is 2. The molecule has 0 aliphatic rings. The number of nitrogens with one attached hydrogen (secondary N) is 1. The van der Waals surface area contributed by atoms with E-state index >= 15 is 0 Å². The summed E-state index contributed by atoms with van der Waals surface area (Å²) in [4.78, 5) is 4.18. The van der Waals surface area contributed by atoms with Gasteiger partial charge >= 0.3 is 0 Å². The van der Waals surface area contributed by atoms with Gasteiger partial charge in [0.05, 0.1) is 15.8 Å². The Kier molecular flexibility index (Phi) is 3.85. The van der Waals surface area contributed by atoms with Crippen LogP contribution in [0.4, 0.5) is 5.82 Å². The van der Waals surface area contributed by atoms with Crippen LogP contribution in [-0.4, -0.2) is 11.5 Å². The van der Waals surface area contributed by atoms with Gasteiger partial charge in [-0.2, -0.15) is 0 Å². The topological polar surface area (TPSA) is 38.1 Å². The Labute approximate surface area is 107 Å². The van der Waals surface area contributed by atoms with Crippen LogP contribution in [0.15, 0.2) is 39.5 Å². The second-order valence-electron chi connectivity index (χ2n) is 3.24. The highest BCUT2D eigenvalue weighted by Gasteiger charge is 2.02. The highest BCUT2D eigenvalue weighted by atomic mass is 79.9. The van der Waals surface area contributed by atoms with E-state index in [9.17, 15) is 0 Å². The standard InChI is InChI=1S/C11H10BrClN2O/c12-10-6-8(13)7-15-11(10)14-4-3-9-2-1-5-16-9/h1-2,5-7H,3-4H2,(H,14,15). The van der Waals surface area contributed by atoms with Crippen molar-refractivity contribution in [3.8, 4) is 0 Å². The first-order valence-corrected chi connectivity index (χ1v) is 6.00. The fourth-order valence-corrected chi connectivity index (χ4v) is 2.08. The Bertz CT molecular complexity index is 459. The summed E-state index contributed by atoms with van der Waals surface area (Å²) in [6.45, 7) is 0.765. The summed E-state index contributed by atoms with van der Waals surface area (Å²) in [5.41, 5.74) is 0. The molecule has 0 amide bonds. The number of furan rings is 1. The molecule has 2 rings (SSSR count). The van der Waals surface area contributed by atoms with Gasteiger partial charge in [0.15, 0.2) is 0 Å². The molecule has 3 nitrogen and oxygen atoms in total. The third kappa shape index (κ3) is 3.00. The van der Waals surface area contributed by atoms with Crippen molar-refractivity contribution < 1.29 is 4.42 Å². The number of hydrogen-bond acceptors (Lipinski definition) is 3. The molecule has 0 saturated heterocycles. The van der Waals surface area contributed by atoms with Gasteiger partial charge in [0.25, 0.3) is 0 Å². The molecule has 0 fully saturated rings. The number of aromatic nitrogens is 1. The average Bonchev–Trinajstić information content (AvgIpc) is 2.74. The fraction of sp³-hybridized carbons (Fsp3) is 0.182. The Morgan fingerprint density at radius 3 is 3.06 bits per heavy atom. The third-order valence-corrected chi connectivity index (χ3v) is 2.86. The summed E-state index contributed by atoms with van der Waals surface area (Å²) >= 11 is 9.19. The van der Waals surface area contributed by atoms with Crippen molar-refractivity contribution in [2.45, 2.75) is 6.42 Å². The largest absolute Gasteiger partial charge is 0.469 e. The van der Waals surface area contributed by atoms with Crippen molar-refractivity contribution in [2.24, 2.45) is 0 Å². The van der Waals surface area contributed by atoms with Gasteiger partial charge in [0.1, 0.15) is 11.6 Å². The predicted octanol–water partition coefficient (Wildman–Crippen LogP) is 3.75. The van der Waals surface area contributed by atoms with Crippen LogP contribution in [0.25, 0.3) is 0 Å². The summed E-state index contributed by atoms with van der Waals surface area (Å²) in [7, 11) is 0. The maximum atomic E-state index is 5.80. The molecule has 2 aromatic rings. The zero-order valence-corrected chi connectivity index (χ0v) is 10.8. The smallest absolute Gasteiger partial charge is 0.140 e. The van der Waals surface area contributed by atoms with Crippen LogP contribution in [0.3, 0.4) is 0 Å². The predicted molar refractivity (Wildman–Crippen MR) is 67.8 cm³/mol. The number of nitrogens with zero attached hydrogens (tertiary/aromatic N) is 1. The molecule has 0 atom stereocenters. The molecular weight excluding hydrogens is 291 g/mol. The molecule has 16 heavy (non-hydrogen) atoms. The number of rotatable bonds is 4. The zero-order chi connectivity index (χ0) is 11.4. The molecule has 0 radical (unpaired) electrons. The van der Waals surface area contributed by atoms with Crippen molar-refractivity contribution in [2.75, 3.05) is 11.9 Å². The lowest BCUT2D eigenvalue weighted by Gasteiger charge is -2.06. The zero-order valence-electron chi connectivity index (χ0n) is 8.41. The van der Waals surface area contributed by atoms with E-state index in [1.165, 1.54) is 0 Å². The summed E-state index contributed by atoms with van der Waals surface area (Å²) in [5.74, 6) is 1.74. The Morgan fingerprint density at radius 1 is 1.50 bits per heavy atom. The lowest BCUT2D eigenvalue weighted by molar-refractivity contribution is 0.513. The molecule has 5 heteroatoms. The highest BCUT2D eigenvalue weighted by molar-refractivity contribution is 9.10. The minimum Gasteiger partial charge on any atom is -0.469 e. The highest BCUT2D eigenvalue weighted by Crippen LogP contribution is 2.22. The Morgan fingerprint density at radius 2 is 2.38 bits per heavy atom. The van der Waals surface area contributed by atoms with E-state index < -0.39 is 0 Å².